The van der Waals surface area contributed by atoms with Crippen molar-refractivity contribution in [2.24, 2.45) is 0 Å². The van der Waals surface area contributed by atoms with Crippen LogP contribution in [0.4, 0.5) is 39.2 Å². The molecule has 1 fully saturated rings. The van der Waals surface area contributed by atoms with Crippen molar-refractivity contribution in [3.8, 4) is 11.5 Å². The molecule has 3 amide bonds. The van der Waals surface area contributed by atoms with Gasteiger partial charge in [-0.3, -0.25) is 9.69 Å². The van der Waals surface area contributed by atoms with Gasteiger partial charge in [0, 0.05) is 62.3 Å². The van der Waals surface area contributed by atoms with Gasteiger partial charge in [0.05, 0.1) is 26.5 Å². The smallest absolute Gasteiger partial charge is 0.327 e. The first-order valence-electron chi connectivity index (χ1n) is 14.8. The number of nitrogens with one attached hydrogen (secondary N) is 3. The number of likely N-dealkylation sites (N-methyl/N-ethyl adjacent to an activating group) is 1. The normalized spacial score (nSPS) is 13.1. The van der Waals surface area contributed by atoms with Crippen LogP contribution in [0.5, 0.6) is 11.5 Å². The van der Waals surface area contributed by atoms with E-state index in [9.17, 15) is 9.59 Å². The zero-order valence-electron chi connectivity index (χ0n) is 26.5. The molecule has 1 aliphatic rings. The number of ether oxygens (including phenoxy) is 2. The number of aromatic nitrogens is 2. The molecule has 2 heterocycles. The number of carbonyl (C=O) groups is 2. The van der Waals surface area contributed by atoms with Crippen LogP contribution in [0, 0.1) is 0 Å². The third kappa shape index (κ3) is 8.33. The average molecular weight is 680 g/mol. The molecule has 0 radical (unpaired) electrons. The van der Waals surface area contributed by atoms with Crippen molar-refractivity contribution in [1.29, 1.82) is 0 Å². The van der Waals surface area contributed by atoms with E-state index < -0.39 is 6.03 Å². The summed E-state index contributed by atoms with van der Waals surface area (Å²) in [6.45, 7) is 5.55. The molecule has 0 unspecified atom stereocenters. The number of carbonyl (C=O) groups excluding carboxylic acids is 2. The number of methoxy groups -OCH3 is 2. The van der Waals surface area contributed by atoms with Crippen LogP contribution >= 0.6 is 23.2 Å². The Kier molecular flexibility index (Phi) is 10.9. The number of benzene rings is 3. The second-order valence-corrected chi connectivity index (χ2v) is 11.7. The number of anilines is 6. The number of hydrogen-bond donors (Lipinski definition) is 3. The van der Waals surface area contributed by atoms with Crippen molar-refractivity contribution < 1.29 is 19.1 Å². The van der Waals surface area contributed by atoms with Gasteiger partial charge in [0.2, 0.25) is 5.91 Å². The van der Waals surface area contributed by atoms with E-state index in [1.807, 2.05) is 24.3 Å². The van der Waals surface area contributed by atoms with Crippen molar-refractivity contribution in [3.63, 3.8) is 0 Å². The van der Waals surface area contributed by atoms with E-state index in [0.717, 1.165) is 43.1 Å². The molecule has 1 aliphatic heterocycles. The molecule has 47 heavy (non-hydrogen) atoms. The highest BCUT2D eigenvalue weighted by Gasteiger charge is 2.24. The Balaban J connectivity index is 1.42. The van der Waals surface area contributed by atoms with Crippen LogP contribution in [0.2, 0.25) is 10.0 Å². The number of amides is 3. The van der Waals surface area contributed by atoms with E-state index in [-0.39, 0.29) is 39.7 Å². The highest BCUT2D eigenvalue weighted by atomic mass is 35.5. The molecule has 5 rings (SSSR count). The molecule has 4 aromatic rings. The summed E-state index contributed by atoms with van der Waals surface area (Å²) >= 11 is 13.1. The predicted molar refractivity (Wildman–Crippen MR) is 187 cm³/mol. The van der Waals surface area contributed by atoms with Gasteiger partial charge in [0.25, 0.3) is 0 Å². The van der Waals surface area contributed by atoms with Crippen molar-refractivity contribution in [3.05, 3.63) is 82.6 Å². The monoisotopic (exact) mass is 678 g/mol. The van der Waals surface area contributed by atoms with Gasteiger partial charge in [0.15, 0.2) is 0 Å². The molecular weight excluding hydrogens is 643 g/mol. The van der Waals surface area contributed by atoms with Crippen molar-refractivity contribution in [2.45, 2.75) is 13.5 Å². The Hall–Kier alpha value is -4.78. The van der Waals surface area contributed by atoms with E-state index in [0.29, 0.717) is 17.3 Å². The Morgan fingerprint density at radius 2 is 1.47 bits per heavy atom. The van der Waals surface area contributed by atoms with Crippen molar-refractivity contribution in [2.75, 3.05) is 73.2 Å². The van der Waals surface area contributed by atoms with E-state index in [4.69, 9.17) is 32.7 Å². The summed E-state index contributed by atoms with van der Waals surface area (Å²) in [4.78, 5) is 40.4. The van der Waals surface area contributed by atoms with Crippen molar-refractivity contribution in [1.82, 2.24) is 14.9 Å². The van der Waals surface area contributed by atoms with Crippen LogP contribution in [0.25, 0.3) is 0 Å². The molecule has 14 heteroatoms. The summed E-state index contributed by atoms with van der Waals surface area (Å²) in [6, 6.07) is 17.9. The Morgan fingerprint density at radius 1 is 0.851 bits per heavy atom. The molecule has 0 saturated carbocycles. The lowest BCUT2D eigenvalue weighted by Gasteiger charge is -2.34. The third-order valence-corrected chi connectivity index (χ3v) is 8.35. The second kappa shape index (κ2) is 15.2. The Bertz CT molecular complexity index is 1690. The predicted octanol–water partition coefficient (Wildman–Crippen LogP) is 6.49. The summed E-state index contributed by atoms with van der Waals surface area (Å²) < 4.78 is 10.7. The van der Waals surface area contributed by atoms with Gasteiger partial charge in [-0.15, -0.1) is 0 Å². The minimum atomic E-state index is -0.573. The third-order valence-electron chi connectivity index (χ3n) is 7.60. The van der Waals surface area contributed by atoms with Crippen LogP contribution < -0.4 is 35.2 Å². The molecule has 1 saturated heterocycles. The molecule has 3 N–H and O–H groups in total. The first-order chi connectivity index (χ1) is 22.6. The average Bonchev–Trinajstić information content (AvgIpc) is 3.07. The summed E-state index contributed by atoms with van der Waals surface area (Å²) in [5.74, 6) is 1.16. The molecule has 3 aromatic carbocycles. The number of hydrogen-bond acceptors (Lipinski definition) is 9. The van der Waals surface area contributed by atoms with Crippen molar-refractivity contribution >= 4 is 69.5 Å². The van der Waals surface area contributed by atoms with Gasteiger partial charge in [0.1, 0.15) is 39.5 Å². The fourth-order valence-electron chi connectivity index (χ4n) is 5.04. The lowest BCUT2D eigenvalue weighted by atomic mass is 10.2. The van der Waals surface area contributed by atoms with Crippen LogP contribution in [-0.2, 0) is 11.3 Å². The quantitative estimate of drug-likeness (QED) is 0.173. The molecule has 246 valence electrons. The minimum Gasteiger partial charge on any atom is -0.495 e. The van der Waals surface area contributed by atoms with Gasteiger partial charge in [-0.2, -0.15) is 0 Å². The topological polar surface area (TPSA) is 124 Å². The van der Waals surface area contributed by atoms with Gasteiger partial charge in [-0.05, 0) is 49.0 Å². The number of rotatable bonds is 10. The number of piperazine rings is 1. The van der Waals surface area contributed by atoms with E-state index in [1.54, 1.807) is 18.2 Å². The number of urea groups is 1. The van der Waals surface area contributed by atoms with Crippen LogP contribution in [0.15, 0.2) is 67.0 Å². The van der Waals surface area contributed by atoms with Crippen LogP contribution in [0.1, 0.15) is 12.5 Å². The van der Waals surface area contributed by atoms with Crippen LogP contribution in [-0.4, -0.2) is 74.3 Å². The summed E-state index contributed by atoms with van der Waals surface area (Å²) in [5, 5.41) is 9.08. The maximum absolute atomic E-state index is 14.0. The minimum absolute atomic E-state index is 0.108. The molecule has 0 aliphatic carbocycles. The Labute approximate surface area is 283 Å². The zero-order chi connectivity index (χ0) is 33.5. The summed E-state index contributed by atoms with van der Waals surface area (Å²) in [6.07, 6.45) is 1.38. The zero-order valence-corrected chi connectivity index (χ0v) is 28.0. The van der Waals surface area contributed by atoms with Gasteiger partial charge in [-0.25, -0.2) is 14.8 Å². The highest BCUT2D eigenvalue weighted by Crippen LogP contribution is 2.44. The standard InChI is InChI=1S/C33H36Cl2N8O4/c1-21(44)38-23-7-5-22(6-8-23)19-43(33(45)40-32-30(34)26(46-3)17-27(47-4)31(32)35)29-18-28(36-20-37-29)39-24-9-11-25(12-10-24)42-15-13-41(2)14-16-42/h5-12,17-18,20H,13-16,19H2,1-4H3,(H,38,44)(H,40,45)(H,36,37,39). The summed E-state index contributed by atoms with van der Waals surface area (Å²) in [5.41, 5.74) is 3.51. The number of halogens is 2. The van der Waals surface area contributed by atoms with Crippen LogP contribution in [0.3, 0.4) is 0 Å². The molecule has 0 bridgehead atoms. The van der Waals surface area contributed by atoms with E-state index in [2.05, 4.69) is 54.9 Å². The van der Waals surface area contributed by atoms with Gasteiger partial charge < -0.3 is 35.2 Å². The van der Waals surface area contributed by atoms with Gasteiger partial charge in [-0.1, -0.05) is 35.3 Å². The lowest BCUT2D eigenvalue weighted by Crippen LogP contribution is -2.44. The molecule has 0 atom stereocenters. The first-order valence-corrected chi connectivity index (χ1v) is 15.6. The molecule has 12 nitrogen and oxygen atoms in total. The SMILES string of the molecule is COc1cc(OC)c(Cl)c(NC(=O)N(Cc2ccc(NC(C)=O)cc2)c2cc(Nc3ccc(N4CCN(C)CC4)cc3)ncn2)c1Cl. The number of nitrogens with zero attached hydrogens (tertiary/aromatic N) is 5. The van der Waals surface area contributed by atoms with E-state index in [1.165, 1.54) is 38.4 Å². The molecule has 1 aromatic heterocycles. The second-order valence-electron chi connectivity index (χ2n) is 10.9. The molecular formula is C33H36Cl2N8O4. The highest BCUT2D eigenvalue weighted by molar-refractivity contribution is 6.41. The summed E-state index contributed by atoms with van der Waals surface area (Å²) in [7, 11) is 5.04. The molecule has 0 spiro atoms. The Morgan fingerprint density at radius 3 is 2.06 bits per heavy atom. The maximum Gasteiger partial charge on any atom is 0.327 e. The fraction of sp³-hybridized carbons (Fsp3) is 0.273. The lowest BCUT2D eigenvalue weighted by molar-refractivity contribution is -0.114. The van der Waals surface area contributed by atoms with Gasteiger partial charge >= 0.3 is 6.03 Å². The van der Waals surface area contributed by atoms with E-state index >= 15 is 0 Å². The fourth-order valence-corrected chi connectivity index (χ4v) is 5.63. The first kappa shape index (κ1) is 33.6. The largest absolute Gasteiger partial charge is 0.495 e. The maximum atomic E-state index is 14.0.